The summed E-state index contributed by atoms with van der Waals surface area (Å²) in [5.74, 6) is 0.408. The van der Waals surface area contributed by atoms with E-state index in [1.54, 1.807) is 18.1 Å². The molecule has 156 valence electrons. The van der Waals surface area contributed by atoms with Crippen LogP contribution in [0.25, 0.3) is 11.3 Å². The van der Waals surface area contributed by atoms with E-state index >= 15 is 0 Å². The van der Waals surface area contributed by atoms with Crippen molar-refractivity contribution in [2.45, 2.75) is 32.7 Å². The Balaban J connectivity index is 1.45. The predicted octanol–water partition coefficient (Wildman–Crippen LogP) is 4.35. The van der Waals surface area contributed by atoms with Gasteiger partial charge in [0.15, 0.2) is 18.3 Å². The maximum atomic E-state index is 12.3. The number of oxazole rings is 1. The molecule has 0 saturated carbocycles. The van der Waals surface area contributed by atoms with Crippen LogP contribution in [-0.4, -0.2) is 35.4 Å². The lowest BCUT2D eigenvalue weighted by atomic mass is 10.1. The first-order valence-corrected chi connectivity index (χ1v) is 9.92. The molecule has 0 N–H and O–H groups in total. The van der Waals surface area contributed by atoms with E-state index in [4.69, 9.17) is 9.15 Å². The topological polar surface area (TPSA) is 72.6 Å². The molecule has 1 atom stereocenters. The minimum Gasteiger partial charge on any atom is -0.456 e. The van der Waals surface area contributed by atoms with Gasteiger partial charge in [-0.3, -0.25) is 9.59 Å². The molecule has 3 rings (SSSR count). The zero-order valence-electron chi connectivity index (χ0n) is 17.5. The molecule has 1 unspecified atom stereocenters. The van der Waals surface area contributed by atoms with Crippen molar-refractivity contribution in [2.75, 3.05) is 13.7 Å². The number of carbonyl (C=O) groups excluding carboxylic acids is 2. The molecule has 0 bridgehead atoms. The molecule has 6 nitrogen and oxygen atoms in total. The van der Waals surface area contributed by atoms with Crippen LogP contribution in [0.4, 0.5) is 0 Å². The van der Waals surface area contributed by atoms with Gasteiger partial charge in [-0.15, -0.1) is 0 Å². The summed E-state index contributed by atoms with van der Waals surface area (Å²) in [6, 6.07) is 17.5. The SMILES string of the molecule is Cc1ccc(-c2cnc(CCC(=O)OCC(=O)N(C)C(C)c3ccccc3)o2)cc1. The van der Waals surface area contributed by atoms with Gasteiger partial charge in [0, 0.05) is 19.0 Å². The normalized spacial score (nSPS) is 11.7. The Morgan fingerprint density at radius 3 is 2.50 bits per heavy atom. The number of benzene rings is 2. The summed E-state index contributed by atoms with van der Waals surface area (Å²) in [6.07, 6.45) is 2.06. The molecule has 0 saturated heterocycles. The molecule has 0 fully saturated rings. The van der Waals surface area contributed by atoms with Gasteiger partial charge < -0.3 is 14.1 Å². The van der Waals surface area contributed by atoms with Crippen molar-refractivity contribution in [3.8, 4) is 11.3 Å². The molecule has 0 aliphatic carbocycles. The van der Waals surface area contributed by atoms with Crippen LogP contribution in [0.3, 0.4) is 0 Å². The predicted molar refractivity (Wildman–Crippen MR) is 114 cm³/mol. The van der Waals surface area contributed by atoms with Crippen LogP contribution in [0.15, 0.2) is 65.2 Å². The van der Waals surface area contributed by atoms with E-state index in [0.29, 0.717) is 18.1 Å². The van der Waals surface area contributed by atoms with Gasteiger partial charge in [0.25, 0.3) is 5.91 Å². The van der Waals surface area contributed by atoms with Crippen molar-refractivity contribution < 1.29 is 18.7 Å². The zero-order chi connectivity index (χ0) is 21.5. The first kappa shape index (κ1) is 21.3. The molecule has 6 heteroatoms. The van der Waals surface area contributed by atoms with Gasteiger partial charge >= 0.3 is 5.97 Å². The van der Waals surface area contributed by atoms with Crippen LogP contribution in [0.2, 0.25) is 0 Å². The monoisotopic (exact) mass is 406 g/mol. The molecule has 3 aromatic rings. The number of nitrogens with zero attached hydrogens (tertiary/aromatic N) is 2. The Labute approximate surface area is 176 Å². The fourth-order valence-corrected chi connectivity index (χ4v) is 2.97. The molecule has 1 aromatic heterocycles. The summed E-state index contributed by atoms with van der Waals surface area (Å²) in [6.45, 7) is 3.67. The van der Waals surface area contributed by atoms with E-state index in [1.165, 1.54) is 5.56 Å². The number of hydrogen-bond donors (Lipinski definition) is 0. The van der Waals surface area contributed by atoms with Crippen molar-refractivity contribution >= 4 is 11.9 Å². The van der Waals surface area contributed by atoms with Crippen molar-refractivity contribution in [1.29, 1.82) is 0 Å². The minimum absolute atomic E-state index is 0.0963. The highest BCUT2D eigenvalue weighted by molar-refractivity contribution is 5.80. The lowest BCUT2D eigenvalue weighted by Gasteiger charge is -2.25. The second-order valence-corrected chi connectivity index (χ2v) is 7.24. The largest absolute Gasteiger partial charge is 0.456 e. The summed E-state index contributed by atoms with van der Waals surface area (Å²) in [5.41, 5.74) is 3.12. The third kappa shape index (κ3) is 5.56. The van der Waals surface area contributed by atoms with Gasteiger partial charge in [0.2, 0.25) is 0 Å². The maximum Gasteiger partial charge on any atom is 0.306 e. The molecular formula is C24H26N2O4. The Bertz CT molecular complexity index is 980. The molecule has 1 amide bonds. The number of aromatic nitrogens is 1. The summed E-state index contributed by atoms with van der Waals surface area (Å²) < 4.78 is 10.8. The van der Waals surface area contributed by atoms with E-state index in [-0.39, 0.29) is 25.0 Å². The first-order chi connectivity index (χ1) is 14.4. The number of carbonyl (C=O) groups is 2. The number of aryl methyl sites for hydroxylation is 2. The number of amides is 1. The number of ether oxygens (including phenoxy) is 1. The standard InChI is InChI=1S/C24H26N2O4/c1-17-9-11-20(12-10-17)21-15-25-22(30-21)13-14-24(28)29-16-23(27)26(3)18(2)19-7-5-4-6-8-19/h4-12,15,18H,13-14,16H2,1-3H3. The van der Waals surface area contributed by atoms with Crippen molar-refractivity contribution in [3.05, 3.63) is 77.8 Å². The van der Waals surface area contributed by atoms with Gasteiger partial charge in [0.1, 0.15) is 0 Å². The third-order valence-electron chi connectivity index (χ3n) is 5.05. The highest BCUT2D eigenvalue weighted by Crippen LogP contribution is 2.21. The Morgan fingerprint density at radius 2 is 1.80 bits per heavy atom. The number of esters is 1. The lowest BCUT2D eigenvalue weighted by Crippen LogP contribution is -2.33. The Morgan fingerprint density at radius 1 is 1.10 bits per heavy atom. The highest BCUT2D eigenvalue weighted by atomic mass is 16.5. The second kappa shape index (κ2) is 9.87. The zero-order valence-corrected chi connectivity index (χ0v) is 17.5. The molecule has 0 aliphatic heterocycles. The molecule has 0 aliphatic rings. The van der Waals surface area contributed by atoms with Crippen LogP contribution in [0.5, 0.6) is 0 Å². The summed E-state index contributed by atoms with van der Waals surface area (Å²) in [7, 11) is 1.70. The minimum atomic E-state index is -0.459. The molecule has 0 radical (unpaired) electrons. The van der Waals surface area contributed by atoms with E-state index in [2.05, 4.69) is 4.98 Å². The van der Waals surface area contributed by atoms with Crippen molar-refractivity contribution in [2.24, 2.45) is 0 Å². The molecule has 30 heavy (non-hydrogen) atoms. The van der Waals surface area contributed by atoms with Gasteiger partial charge in [-0.1, -0.05) is 60.2 Å². The quantitative estimate of drug-likeness (QED) is 0.520. The van der Waals surface area contributed by atoms with E-state index in [0.717, 1.165) is 11.1 Å². The summed E-state index contributed by atoms with van der Waals surface area (Å²) in [5, 5.41) is 0. The first-order valence-electron chi connectivity index (χ1n) is 9.92. The summed E-state index contributed by atoms with van der Waals surface area (Å²) in [4.78, 5) is 30.2. The van der Waals surface area contributed by atoms with Gasteiger partial charge in [-0.25, -0.2) is 4.98 Å². The van der Waals surface area contributed by atoms with Gasteiger partial charge in [-0.2, -0.15) is 0 Å². The fraction of sp³-hybridized carbons (Fsp3) is 0.292. The number of hydrogen-bond acceptors (Lipinski definition) is 5. The average molecular weight is 406 g/mol. The molecule has 2 aromatic carbocycles. The highest BCUT2D eigenvalue weighted by Gasteiger charge is 2.19. The van der Waals surface area contributed by atoms with Crippen LogP contribution >= 0.6 is 0 Å². The third-order valence-corrected chi connectivity index (χ3v) is 5.05. The van der Waals surface area contributed by atoms with Crippen LogP contribution < -0.4 is 0 Å². The Kier molecular flexibility index (Phi) is 7.01. The van der Waals surface area contributed by atoms with Crippen molar-refractivity contribution in [3.63, 3.8) is 0 Å². The van der Waals surface area contributed by atoms with Gasteiger partial charge in [0.05, 0.1) is 18.7 Å². The van der Waals surface area contributed by atoms with Crippen LogP contribution in [-0.2, 0) is 20.7 Å². The maximum absolute atomic E-state index is 12.3. The van der Waals surface area contributed by atoms with Crippen LogP contribution in [0.1, 0.15) is 36.4 Å². The van der Waals surface area contributed by atoms with E-state index < -0.39 is 5.97 Å². The smallest absolute Gasteiger partial charge is 0.306 e. The van der Waals surface area contributed by atoms with Crippen LogP contribution in [0, 0.1) is 6.92 Å². The molecule has 1 heterocycles. The number of rotatable bonds is 8. The second-order valence-electron chi connectivity index (χ2n) is 7.24. The van der Waals surface area contributed by atoms with Gasteiger partial charge in [-0.05, 0) is 19.4 Å². The van der Waals surface area contributed by atoms with E-state index in [9.17, 15) is 9.59 Å². The van der Waals surface area contributed by atoms with Crippen molar-refractivity contribution in [1.82, 2.24) is 9.88 Å². The lowest BCUT2D eigenvalue weighted by molar-refractivity contribution is -0.152. The summed E-state index contributed by atoms with van der Waals surface area (Å²) >= 11 is 0. The molecule has 0 spiro atoms. The molecular weight excluding hydrogens is 380 g/mol. The van der Waals surface area contributed by atoms with E-state index in [1.807, 2.05) is 68.4 Å². The number of likely N-dealkylation sites (N-methyl/N-ethyl adjacent to an activating group) is 1. The Hall–Kier alpha value is -3.41. The average Bonchev–Trinajstić information content (AvgIpc) is 3.25. The fourth-order valence-electron chi connectivity index (χ4n) is 2.97.